The quantitative estimate of drug-likeness (QED) is 0.695. The summed E-state index contributed by atoms with van der Waals surface area (Å²) in [5, 5.41) is 12.7. The minimum Gasteiger partial charge on any atom is -0.390 e. The largest absolute Gasteiger partial charge is 0.390 e. The molecule has 108 valence electrons. The molecular weight excluding hydrogens is 280 g/mol. The molecule has 0 aliphatic carbocycles. The van der Waals surface area contributed by atoms with Crippen LogP contribution < -0.4 is 5.32 Å². The van der Waals surface area contributed by atoms with Crippen molar-refractivity contribution in [3.63, 3.8) is 0 Å². The highest BCUT2D eigenvalue weighted by Gasteiger charge is 2.28. The van der Waals surface area contributed by atoms with Gasteiger partial charge in [-0.3, -0.25) is 0 Å². The molecule has 7 nitrogen and oxygen atoms in total. The summed E-state index contributed by atoms with van der Waals surface area (Å²) in [5.74, 6) is 0. The van der Waals surface area contributed by atoms with Crippen LogP contribution >= 0.6 is 0 Å². The van der Waals surface area contributed by atoms with E-state index < -0.39 is 16.1 Å². The number of hydrogen-bond donors (Lipinski definition) is 3. The predicted molar refractivity (Wildman–Crippen MR) is 73.7 cm³/mol. The van der Waals surface area contributed by atoms with Crippen LogP contribution in [0.5, 0.6) is 0 Å². The third-order valence-electron chi connectivity index (χ3n) is 3.36. The number of aromatic nitrogens is 2. The highest BCUT2D eigenvalue weighted by atomic mass is 32.2. The van der Waals surface area contributed by atoms with Gasteiger partial charge in [0, 0.05) is 26.2 Å². The van der Waals surface area contributed by atoms with Crippen LogP contribution in [0, 0.1) is 0 Å². The van der Waals surface area contributed by atoms with E-state index >= 15 is 0 Å². The molecule has 0 amide bonds. The molecule has 2 heterocycles. The third-order valence-corrected chi connectivity index (χ3v) is 5.22. The number of sulfonamides is 1. The monoisotopic (exact) mass is 296 g/mol. The van der Waals surface area contributed by atoms with Gasteiger partial charge < -0.3 is 15.4 Å². The minimum absolute atomic E-state index is 0.107. The van der Waals surface area contributed by atoms with Crippen LogP contribution in [0.3, 0.4) is 0 Å². The van der Waals surface area contributed by atoms with Crippen molar-refractivity contribution in [2.75, 3.05) is 26.2 Å². The molecule has 1 aliphatic rings. The third kappa shape index (κ3) is 2.42. The van der Waals surface area contributed by atoms with E-state index in [1.54, 1.807) is 18.2 Å². The normalized spacial score (nSPS) is 21.9. The molecule has 3 rings (SSSR count). The van der Waals surface area contributed by atoms with Crippen LogP contribution in [0.1, 0.15) is 0 Å². The molecule has 1 aliphatic heterocycles. The molecule has 1 fully saturated rings. The number of aliphatic hydroxyl groups is 1. The summed E-state index contributed by atoms with van der Waals surface area (Å²) >= 11 is 0. The van der Waals surface area contributed by atoms with Gasteiger partial charge in [0.2, 0.25) is 10.0 Å². The minimum atomic E-state index is -3.60. The predicted octanol–water partition coefficient (Wildman–Crippen LogP) is -0.482. The lowest BCUT2D eigenvalue weighted by Gasteiger charge is -2.21. The molecule has 1 unspecified atom stereocenters. The SMILES string of the molecule is O=S(=O)(c1ccc2nc[nH]c2c1)N1CCNCC(O)C1. The zero-order valence-electron chi connectivity index (χ0n) is 10.8. The fraction of sp³-hybridized carbons (Fsp3) is 0.417. The average Bonchev–Trinajstić information content (AvgIpc) is 2.78. The van der Waals surface area contributed by atoms with Gasteiger partial charge in [-0.15, -0.1) is 0 Å². The van der Waals surface area contributed by atoms with Gasteiger partial charge in [-0.2, -0.15) is 4.31 Å². The van der Waals surface area contributed by atoms with E-state index in [1.165, 1.54) is 10.6 Å². The number of H-pyrrole nitrogens is 1. The van der Waals surface area contributed by atoms with Crippen LogP contribution in [-0.4, -0.2) is 60.1 Å². The maximum atomic E-state index is 12.6. The maximum Gasteiger partial charge on any atom is 0.243 e. The molecule has 2 aromatic rings. The lowest BCUT2D eigenvalue weighted by Crippen LogP contribution is -2.37. The van der Waals surface area contributed by atoms with Crippen molar-refractivity contribution in [3.05, 3.63) is 24.5 Å². The molecule has 8 heteroatoms. The molecule has 0 spiro atoms. The standard InChI is InChI=1S/C12H16N4O3S/c17-9-6-13-3-4-16(7-9)20(18,19)10-1-2-11-12(5-10)15-8-14-11/h1-2,5,8-9,13,17H,3-4,6-7H2,(H,14,15). The summed E-state index contributed by atoms with van der Waals surface area (Å²) in [5.41, 5.74) is 1.40. The van der Waals surface area contributed by atoms with Gasteiger partial charge in [0.05, 0.1) is 28.4 Å². The summed E-state index contributed by atoms with van der Waals surface area (Å²) in [7, 11) is -3.60. The molecule has 1 atom stereocenters. The van der Waals surface area contributed by atoms with Crippen LogP contribution in [0.4, 0.5) is 0 Å². The highest BCUT2D eigenvalue weighted by molar-refractivity contribution is 7.89. The molecule has 20 heavy (non-hydrogen) atoms. The molecule has 1 aromatic heterocycles. The number of benzene rings is 1. The zero-order valence-corrected chi connectivity index (χ0v) is 11.6. The van der Waals surface area contributed by atoms with Crippen LogP contribution in [-0.2, 0) is 10.0 Å². The highest BCUT2D eigenvalue weighted by Crippen LogP contribution is 2.20. The van der Waals surface area contributed by atoms with Gasteiger partial charge in [0.15, 0.2) is 0 Å². The first-order chi connectivity index (χ1) is 9.57. The topological polar surface area (TPSA) is 98.3 Å². The fourth-order valence-electron chi connectivity index (χ4n) is 2.31. The van der Waals surface area contributed by atoms with Crippen molar-refractivity contribution >= 4 is 21.1 Å². The van der Waals surface area contributed by atoms with Gasteiger partial charge in [-0.1, -0.05) is 0 Å². The van der Waals surface area contributed by atoms with Gasteiger partial charge in [0.25, 0.3) is 0 Å². The van der Waals surface area contributed by atoms with E-state index in [2.05, 4.69) is 15.3 Å². The summed E-state index contributed by atoms with van der Waals surface area (Å²) < 4.78 is 26.5. The lowest BCUT2D eigenvalue weighted by atomic mass is 10.3. The Hall–Kier alpha value is -1.48. The van der Waals surface area contributed by atoms with E-state index in [1.807, 2.05) is 0 Å². The number of imidazole rings is 1. The Bertz CT molecular complexity index is 712. The first-order valence-electron chi connectivity index (χ1n) is 6.39. The molecule has 1 aromatic carbocycles. The van der Waals surface area contributed by atoms with E-state index in [-0.39, 0.29) is 11.4 Å². The summed E-state index contributed by atoms with van der Waals surface area (Å²) in [4.78, 5) is 7.18. The first-order valence-corrected chi connectivity index (χ1v) is 7.83. The molecule has 1 saturated heterocycles. The number of rotatable bonds is 2. The van der Waals surface area contributed by atoms with Crippen molar-refractivity contribution < 1.29 is 13.5 Å². The number of β-amino-alcohol motifs (C(OH)–C–C–N with tert-alkyl or cyclic N) is 1. The van der Waals surface area contributed by atoms with Crippen LogP contribution in [0.15, 0.2) is 29.4 Å². The fourth-order valence-corrected chi connectivity index (χ4v) is 3.81. The number of nitrogens with one attached hydrogen (secondary N) is 2. The summed E-state index contributed by atoms with van der Waals surface area (Å²) in [6.07, 6.45) is 0.837. The second-order valence-electron chi connectivity index (χ2n) is 4.80. The van der Waals surface area contributed by atoms with Crippen molar-refractivity contribution in [1.82, 2.24) is 19.6 Å². The van der Waals surface area contributed by atoms with Crippen LogP contribution in [0.2, 0.25) is 0 Å². The number of aromatic amines is 1. The van der Waals surface area contributed by atoms with Crippen molar-refractivity contribution in [3.8, 4) is 0 Å². The molecule has 0 radical (unpaired) electrons. The Morgan fingerprint density at radius 3 is 3.10 bits per heavy atom. The van der Waals surface area contributed by atoms with E-state index in [0.717, 1.165) is 5.52 Å². The summed E-state index contributed by atoms with van der Waals surface area (Å²) in [6.45, 7) is 1.39. The van der Waals surface area contributed by atoms with Gasteiger partial charge >= 0.3 is 0 Å². The Labute approximate surface area is 116 Å². The zero-order chi connectivity index (χ0) is 14.2. The van der Waals surface area contributed by atoms with Crippen molar-refractivity contribution in [2.24, 2.45) is 0 Å². The molecule has 0 saturated carbocycles. The van der Waals surface area contributed by atoms with Crippen LogP contribution in [0.25, 0.3) is 11.0 Å². The lowest BCUT2D eigenvalue weighted by molar-refractivity contribution is 0.159. The summed E-state index contributed by atoms with van der Waals surface area (Å²) in [6, 6.07) is 4.79. The van der Waals surface area contributed by atoms with E-state index in [4.69, 9.17) is 0 Å². The van der Waals surface area contributed by atoms with Gasteiger partial charge in [-0.05, 0) is 18.2 Å². The Balaban J connectivity index is 1.97. The average molecular weight is 296 g/mol. The van der Waals surface area contributed by atoms with Gasteiger partial charge in [-0.25, -0.2) is 13.4 Å². The Morgan fingerprint density at radius 1 is 1.40 bits per heavy atom. The number of fused-ring (bicyclic) bond motifs is 1. The smallest absolute Gasteiger partial charge is 0.243 e. The number of aliphatic hydroxyl groups excluding tert-OH is 1. The van der Waals surface area contributed by atoms with E-state index in [0.29, 0.717) is 25.2 Å². The van der Waals surface area contributed by atoms with Crippen molar-refractivity contribution in [1.29, 1.82) is 0 Å². The second-order valence-corrected chi connectivity index (χ2v) is 6.74. The first kappa shape index (κ1) is 13.5. The van der Waals surface area contributed by atoms with Gasteiger partial charge in [0.1, 0.15) is 0 Å². The molecular formula is C12H16N4O3S. The number of hydrogen-bond acceptors (Lipinski definition) is 5. The maximum absolute atomic E-state index is 12.6. The Kier molecular flexibility index (Phi) is 3.47. The number of nitrogens with zero attached hydrogens (tertiary/aromatic N) is 2. The molecule has 3 N–H and O–H groups in total. The second kappa shape index (κ2) is 5.13. The van der Waals surface area contributed by atoms with E-state index in [9.17, 15) is 13.5 Å². The molecule has 0 bridgehead atoms. The van der Waals surface area contributed by atoms with Crippen molar-refractivity contribution in [2.45, 2.75) is 11.0 Å². The Morgan fingerprint density at radius 2 is 2.25 bits per heavy atom.